The third kappa shape index (κ3) is 5.84. The fraction of sp³-hybridized carbons (Fsp3) is 0.0588. The second kappa shape index (κ2) is 9.07. The molecule has 0 radical (unpaired) electrons. The molecule has 0 aliphatic rings. The van der Waals surface area contributed by atoms with Crippen LogP contribution in [0, 0.1) is 5.82 Å². The highest BCUT2D eigenvalue weighted by Crippen LogP contribution is 2.26. The van der Waals surface area contributed by atoms with Crippen molar-refractivity contribution in [1.82, 2.24) is 10.2 Å². The number of thioether (sulfide) groups is 1. The molecule has 0 aliphatic heterocycles. The van der Waals surface area contributed by atoms with Gasteiger partial charge in [0.25, 0.3) is 5.91 Å². The molecule has 1 heterocycles. The Morgan fingerprint density at radius 2 is 1.74 bits per heavy atom. The van der Waals surface area contributed by atoms with Gasteiger partial charge in [-0.25, -0.2) is 4.39 Å². The van der Waals surface area contributed by atoms with Gasteiger partial charge in [-0.2, -0.15) is 0 Å². The van der Waals surface area contributed by atoms with Crippen molar-refractivity contribution in [3.63, 3.8) is 0 Å². The first kappa shape index (κ1) is 19.5. The summed E-state index contributed by atoms with van der Waals surface area (Å²) in [7, 11) is 0. The molecule has 0 fully saturated rings. The molecule has 0 saturated carbocycles. The molecular weight excluding hydrogens is 455 g/mol. The van der Waals surface area contributed by atoms with Crippen LogP contribution in [-0.4, -0.2) is 27.8 Å². The predicted molar refractivity (Wildman–Crippen MR) is 108 cm³/mol. The van der Waals surface area contributed by atoms with Crippen molar-refractivity contribution in [3.05, 3.63) is 64.4 Å². The van der Waals surface area contributed by atoms with E-state index >= 15 is 0 Å². The quantitative estimate of drug-likeness (QED) is 0.414. The summed E-state index contributed by atoms with van der Waals surface area (Å²) in [5.74, 6) is -0.785. The Hall–Kier alpha value is -2.30. The summed E-state index contributed by atoms with van der Waals surface area (Å²) in [6.07, 6.45) is 0. The number of nitrogens with one attached hydrogen (secondary N) is 2. The maximum atomic E-state index is 12.8. The van der Waals surface area contributed by atoms with E-state index in [1.165, 1.54) is 47.4 Å². The first-order valence-electron chi connectivity index (χ1n) is 7.58. The zero-order valence-corrected chi connectivity index (χ0v) is 16.8. The maximum absolute atomic E-state index is 12.8. The van der Waals surface area contributed by atoms with Crippen LogP contribution in [0.2, 0.25) is 0 Å². The fourth-order valence-electron chi connectivity index (χ4n) is 1.95. The molecule has 0 bridgehead atoms. The SMILES string of the molecule is O=C(CSc1nnc(NC(=O)c2ccc(Br)cc2)s1)Nc1ccc(F)cc1. The van der Waals surface area contributed by atoms with Crippen LogP contribution in [0.3, 0.4) is 0 Å². The van der Waals surface area contributed by atoms with Crippen LogP contribution in [0.25, 0.3) is 0 Å². The Labute approximate surface area is 170 Å². The number of benzene rings is 2. The van der Waals surface area contributed by atoms with Crippen molar-refractivity contribution in [2.75, 3.05) is 16.4 Å². The number of carbonyl (C=O) groups is 2. The summed E-state index contributed by atoms with van der Waals surface area (Å²) >= 11 is 5.69. The minimum absolute atomic E-state index is 0.118. The van der Waals surface area contributed by atoms with E-state index in [0.29, 0.717) is 20.7 Å². The van der Waals surface area contributed by atoms with Gasteiger partial charge in [0.15, 0.2) is 4.34 Å². The van der Waals surface area contributed by atoms with Crippen LogP contribution in [0.15, 0.2) is 57.3 Å². The van der Waals surface area contributed by atoms with Gasteiger partial charge < -0.3 is 5.32 Å². The molecule has 3 aromatic rings. The lowest BCUT2D eigenvalue weighted by Gasteiger charge is -2.03. The Morgan fingerprint density at radius 3 is 2.44 bits per heavy atom. The third-order valence-electron chi connectivity index (χ3n) is 3.19. The standard InChI is InChI=1S/C17H12BrFN4O2S2/c18-11-3-1-10(2-4-11)15(25)21-16-22-23-17(27-16)26-9-14(24)20-13-7-5-12(19)6-8-13/h1-8H,9H2,(H,20,24)(H,21,22,25). The molecule has 6 nitrogen and oxygen atoms in total. The predicted octanol–water partition coefficient (Wildman–Crippen LogP) is 4.42. The van der Waals surface area contributed by atoms with Gasteiger partial charge in [-0.05, 0) is 48.5 Å². The minimum atomic E-state index is -0.367. The number of hydrogen-bond donors (Lipinski definition) is 2. The summed E-state index contributed by atoms with van der Waals surface area (Å²) in [6.45, 7) is 0. The number of hydrogen-bond acceptors (Lipinski definition) is 6. The summed E-state index contributed by atoms with van der Waals surface area (Å²) in [5.41, 5.74) is 1.02. The molecule has 0 aliphatic carbocycles. The van der Waals surface area contributed by atoms with E-state index in [1.807, 2.05) is 0 Å². The smallest absolute Gasteiger partial charge is 0.257 e. The Kier molecular flexibility index (Phi) is 6.54. The summed E-state index contributed by atoms with van der Waals surface area (Å²) in [5, 5.41) is 13.5. The van der Waals surface area contributed by atoms with E-state index in [9.17, 15) is 14.0 Å². The molecule has 1 aromatic heterocycles. The third-order valence-corrected chi connectivity index (χ3v) is 5.69. The monoisotopic (exact) mass is 466 g/mol. The molecule has 27 heavy (non-hydrogen) atoms. The second-order valence-electron chi connectivity index (χ2n) is 5.18. The Bertz CT molecular complexity index is 948. The van der Waals surface area contributed by atoms with E-state index in [1.54, 1.807) is 24.3 Å². The molecule has 2 amide bonds. The highest BCUT2D eigenvalue weighted by molar-refractivity contribution is 9.10. The van der Waals surface area contributed by atoms with Crippen molar-refractivity contribution < 1.29 is 14.0 Å². The van der Waals surface area contributed by atoms with Crippen molar-refractivity contribution in [1.29, 1.82) is 0 Å². The minimum Gasteiger partial charge on any atom is -0.325 e. The van der Waals surface area contributed by atoms with Crippen molar-refractivity contribution in [3.8, 4) is 0 Å². The number of aromatic nitrogens is 2. The number of halogens is 2. The zero-order valence-electron chi connectivity index (χ0n) is 13.6. The van der Waals surface area contributed by atoms with E-state index < -0.39 is 0 Å². The first-order chi connectivity index (χ1) is 13.0. The van der Waals surface area contributed by atoms with Crippen molar-refractivity contribution in [2.24, 2.45) is 0 Å². The second-order valence-corrected chi connectivity index (χ2v) is 8.29. The molecule has 2 N–H and O–H groups in total. The molecule has 0 unspecified atom stereocenters. The molecule has 10 heteroatoms. The molecule has 138 valence electrons. The molecule has 0 spiro atoms. The molecule has 2 aromatic carbocycles. The highest BCUT2D eigenvalue weighted by Gasteiger charge is 2.12. The van der Waals surface area contributed by atoms with Gasteiger partial charge >= 0.3 is 0 Å². The zero-order chi connectivity index (χ0) is 19.2. The van der Waals surface area contributed by atoms with Gasteiger partial charge in [0.05, 0.1) is 5.75 Å². The Balaban J connectivity index is 1.50. The average Bonchev–Trinajstić information content (AvgIpc) is 3.10. The normalized spacial score (nSPS) is 10.4. The van der Waals surface area contributed by atoms with Gasteiger partial charge in [0.1, 0.15) is 5.82 Å². The summed E-state index contributed by atoms with van der Waals surface area (Å²) in [6, 6.07) is 12.4. The fourth-order valence-corrected chi connectivity index (χ4v) is 3.76. The molecule has 0 saturated heterocycles. The summed E-state index contributed by atoms with van der Waals surface area (Å²) in [4.78, 5) is 24.1. The van der Waals surface area contributed by atoms with Crippen molar-refractivity contribution in [2.45, 2.75) is 4.34 Å². The number of amides is 2. The van der Waals surface area contributed by atoms with Crippen LogP contribution in [-0.2, 0) is 4.79 Å². The molecule has 3 rings (SSSR count). The van der Waals surface area contributed by atoms with Crippen LogP contribution in [0.1, 0.15) is 10.4 Å². The number of anilines is 2. The maximum Gasteiger partial charge on any atom is 0.257 e. The lowest BCUT2D eigenvalue weighted by atomic mass is 10.2. The number of rotatable bonds is 6. The largest absolute Gasteiger partial charge is 0.325 e. The van der Waals surface area contributed by atoms with E-state index in [2.05, 4.69) is 36.8 Å². The summed E-state index contributed by atoms with van der Waals surface area (Å²) < 4.78 is 14.3. The highest BCUT2D eigenvalue weighted by atomic mass is 79.9. The molecular formula is C17H12BrFN4O2S2. The van der Waals surface area contributed by atoms with Crippen LogP contribution < -0.4 is 10.6 Å². The van der Waals surface area contributed by atoms with Gasteiger partial charge in [-0.3, -0.25) is 14.9 Å². The average molecular weight is 467 g/mol. The number of carbonyl (C=O) groups excluding carboxylic acids is 2. The van der Waals surface area contributed by atoms with Crippen LogP contribution in [0.5, 0.6) is 0 Å². The van der Waals surface area contributed by atoms with E-state index in [4.69, 9.17) is 0 Å². The van der Waals surface area contributed by atoms with Crippen molar-refractivity contribution >= 4 is 61.7 Å². The Morgan fingerprint density at radius 1 is 1.04 bits per heavy atom. The van der Waals surface area contributed by atoms with Crippen LogP contribution >= 0.6 is 39.0 Å². The van der Waals surface area contributed by atoms with Gasteiger partial charge in [0, 0.05) is 15.7 Å². The van der Waals surface area contributed by atoms with Crippen LogP contribution in [0.4, 0.5) is 15.2 Å². The van der Waals surface area contributed by atoms with Gasteiger partial charge in [0.2, 0.25) is 11.0 Å². The first-order valence-corrected chi connectivity index (χ1v) is 10.2. The molecule has 0 atom stereocenters. The van der Waals surface area contributed by atoms with Gasteiger partial charge in [-0.15, -0.1) is 10.2 Å². The van der Waals surface area contributed by atoms with E-state index in [-0.39, 0.29) is 23.4 Å². The van der Waals surface area contributed by atoms with E-state index in [0.717, 1.165) is 4.47 Å². The van der Waals surface area contributed by atoms with Gasteiger partial charge in [-0.1, -0.05) is 39.0 Å². The lowest BCUT2D eigenvalue weighted by molar-refractivity contribution is -0.113. The lowest BCUT2D eigenvalue weighted by Crippen LogP contribution is -2.13. The topological polar surface area (TPSA) is 84.0 Å². The number of nitrogens with zero attached hydrogens (tertiary/aromatic N) is 2.